The van der Waals surface area contributed by atoms with E-state index in [4.69, 9.17) is 5.11 Å². The molecule has 0 aromatic rings. The topological polar surface area (TPSA) is 63.6 Å². The number of carboxylic acid groups (broad SMARTS) is 1. The first-order valence-corrected chi connectivity index (χ1v) is 4.50. The lowest BCUT2D eigenvalue weighted by Gasteiger charge is -2.27. The fourth-order valence-electron chi connectivity index (χ4n) is 1.47. The molecular weight excluding hydrogens is 184 g/mol. The van der Waals surface area contributed by atoms with Crippen molar-refractivity contribution in [3.63, 3.8) is 0 Å². The van der Waals surface area contributed by atoms with Gasteiger partial charge in [0.15, 0.2) is 0 Å². The predicted molar refractivity (Wildman–Crippen MR) is 49.7 cm³/mol. The van der Waals surface area contributed by atoms with Crippen molar-refractivity contribution < 1.29 is 19.4 Å². The molecule has 1 atom stereocenters. The van der Waals surface area contributed by atoms with Crippen molar-refractivity contribution in [2.45, 2.75) is 26.2 Å². The molecule has 0 aliphatic heterocycles. The number of methoxy groups -OCH3 is 1. The van der Waals surface area contributed by atoms with Crippen LogP contribution in [0, 0.1) is 5.41 Å². The fourth-order valence-corrected chi connectivity index (χ4v) is 1.47. The van der Waals surface area contributed by atoms with Crippen molar-refractivity contribution in [3.8, 4) is 0 Å². The Kier molecular flexibility index (Phi) is 2.93. The molecule has 4 nitrogen and oxygen atoms in total. The third-order valence-electron chi connectivity index (χ3n) is 2.71. The van der Waals surface area contributed by atoms with Gasteiger partial charge < -0.3 is 9.84 Å². The minimum atomic E-state index is -0.808. The van der Waals surface area contributed by atoms with Crippen LogP contribution in [0.4, 0.5) is 0 Å². The van der Waals surface area contributed by atoms with Gasteiger partial charge in [0, 0.05) is 5.57 Å². The van der Waals surface area contributed by atoms with E-state index in [0.29, 0.717) is 24.8 Å². The molecule has 0 radical (unpaired) electrons. The quantitative estimate of drug-likeness (QED) is 0.680. The fraction of sp³-hybridized carbons (Fsp3) is 0.600. The molecule has 0 bridgehead atoms. The van der Waals surface area contributed by atoms with E-state index < -0.39 is 11.4 Å². The standard InChI is InChI=1S/C10H14O4/c1-10(9(12)13)5-3-7(4-6-10)8(11)14-2/h3H,4-6H2,1-2H3,(H,12,13). The number of rotatable bonds is 2. The van der Waals surface area contributed by atoms with Crippen LogP contribution in [0.5, 0.6) is 0 Å². The molecule has 4 heteroatoms. The summed E-state index contributed by atoms with van der Waals surface area (Å²) in [6.07, 6.45) is 3.04. The molecule has 0 heterocycles. The molecule has 1 unspecified atom stereocenters. The Morgan fingerprint density at radius 3 is 2.57 bits per heavy atom. The minimum absolute atomic E-state index is 0.350. The zero-order valence-electron chi connectivity index (χ0n) is 8.37. The molecule has 1 aliphatic rings. The first-order chi connectivity index (χ1) is 6.49. The molecule has 0 spiro atoms. The molecule has 0 aromatic carbocycles. The molecule has 1 N–H and O–H groups in total. The first kappa shape index (κ1) is 10.8. The van der Waals surface area contributed by atoms with Crippen molar-refractivity contribution in [2.24, 2.45) is 5.41 Å². The van der Waals surface area contributed by atoms with E-state index in [1.807, 2.05) is 0 Å². The molecule has 0 fully saturated rings. The molecule has 0 saturated carbocycles. The van der Waals surface area contributed by atoms with Crippen molar-refractivity contribution in [2.75, 3.05) is 7.11 Å². The van der Waals surface area contributed by atoms with Gasteiger partial charge in [-0.25, -0.2) is 4.79 Å². The average molecular weight is 198 g/mol. The van der Waals surface area contributed by atoms with Gasteiger partial charge in [0.2, 0.25) is 0 Å². The molecule has 78 valence electrons. The molecule has 0 aromatic heterocycles. The summed E-state index contributed by atoms with van der Waals surface area (Å²) < 4.78 is 4.56. The maximum atomic E-state index is 11.1. The van der Waals surface area contributed by atoms with Gasteiger partial charge in [-0.3, -0.25) is 4.79 Å². The monoisotopic (exact) mass is 198 g/mol. The highest BCUT2D eigenvalue weighted by Crippen LogP contribution is 2.35. The number of carboxylic acids is 1. The third kappa shape index (κ3) is 1.95. The molecule has 14 heavy (non-hydrogen) atoms. The SMILES string of the molecule is COC(=O)C1=CCC(C)(C(=O)O)CC1. The highest BCUT2D eigenvalue weighted by Gasteiger charge is 2.35. The van der Waals surface area contributed by atoms with Crippen LogP contribution in [0.25, 0.3) is 0 Å². The summed E-state index contributed by atoms with van der Waals surface area (Å²) in [5.74, 6) is -1.16. The highest BCUT2D eigenvalue weighted by molar-refractivity contribution is 5.89. The highest BCUT2D eigenvalue weighted by atomic mass is 16.5. The predicted octanol–water partition coefficient (Wildman–Crippen LogP) is 1.36. The van der Waals surface area contributed by atoms with E-state index in [0.717, 1.165) is 0 Å². The van der Waals surface area contributed by atoms with E-state index in [1.54, 1.807) is 13.0 Å². The van der Waals surface area contributed by atoms with Crippen LogP contribution in [0.3, 0.4) is 0 Å². The number of carbonyl (C=O) groups is 2. The lowest BCUT2D eigenvalue weighted by molar-refractivity contribution is -0.149. The lowest BCUT2D eigenvalue weighted by atomic mass is 9.77. The van der Waals surface area contributed by atoms with E-state index in [-0.39, 0.29) is 5.97 Å². The Morgan fingerprint density at radius 1 is 1.57 bits per heavy atom. The Balaban J connectivity index is 2.73. The number of ether oxygens (including phenoxy) is 1. The van der Waals surface area contributed by atoms with E-state index in [1.165, 1.54) is 7.11 Å². The summed E-state index contributed by atoms with van der Waals surface area (Å²) >= 11 is 0. The van der Waals surface area contributed by atoms with Gasteiger partial charge in [-0.2, -0.15) is 0 Å². The van der Waals surface area contributed by atoms with Gasteiger partial charge in [-0.1, -0.05) is 6.08 Å². The van der Waals surface area contributed by atoms with E-state index >= 15 is 0 Å². The number of hydrogen-bond donors (Lipinski definition) is 1. The maximum Gasteiger partial charge on any atom is 0.333 e. The number of esters is 1. The Morgan fingerprint density at radius 2 is 2.21 bits per heavy atom. The second kappa shape index (κ2) is 3.82. The second-order valence-electron chi connectivity index (χ2n) is 3.79. The normalized spacial score (nSPS) is 26.6. The molecule has 1 rings (SSSR count). The lowest BCUT2D eigenvalue weighted by Crippen LogP contribution is -2.30. The Bertz CT molecular complexity index is 292. The van der Waals surface area contributed by atoms with E-state index in [9.17, 15) is 9.59 Å². The number of carbonyl (C=O) groups excluding carboxylic acids is 1. The van der Waals surface area contributed by atoms with Crippen LogP contribution in [0.2, 0.25) is 0 Å². The van der Waals surface area contributed by atoms with Gasteiger partial charge in [0.25, 0.3) is 0 Å². The smallest absolute Gasteiger partial charge is 0.333 e. The molecule has 0 saturated heterocycles. The minimum Gasteiger partial charge on any atom is -0.481 e. The molecular formula is C10H14O4. The Labute approximate surface area is 82.6 Å². The maximum absolute atomic E-state index is 11.1. The van der Waals surface area contributed by atoms with Gasteiger partial charge >= 0.3 is 11.9 Å². The molecule has 1 aliphatic carbocycles. The zero-order valence-corrected chi connectivity index (χ0v) is 8.37. The molecule has 0 amide bonds. The van der Waals surface area contributed by atoms with Gasteiger partial charge in [0.1, 0.15) is 0 Å². The second-order valence-corrected chi connectivity index (χ2v) is 3.79. The van der Waals surface area contributed by atoms with Crippen LogP contribution in [-0.2, 0) is 14.3 Å². The van der Waals surface area contributed by atoms with Crippen LogP contribution in [0.15, 0.2) is 11.6 Å². The number of allylic oxidation sites excluding steroid dienone is 1. The van der Waals surface area contributed by atoms with Crippen LogP contribution < -0.4 is 0 Å². The summed E-state index contributed by atoms with van der Waals surface area (Å²) in [5, 5.41) is 8.93. The van der Waals surface area contributed by atoms with Gasteiger partial charge in [-0.15, -0.1) is 0 Å². The summed E-state index contributed by atoms with van der Waals surface area (Å²) in [5.41, 5.74) is -0.136. The van der Waals surface area contributed by atoms with Gasteiger partial charge in [0.05, 0.1) is 12.5 Å². The number of hydrogen-bond acceptors (Lipinski definition) is 3. The van der Waals surface area contributed by atoms with Crippen LogP contribution in [-0.4, -0.2) is 24.2 Å². The van der Waals surface area contributed by atoms with Crippen molar-refractivity contribution in [1.29, 1.82) is 0 Å². The largest absolute Gasteiger partial charge is 0.481 e. The summed E-state index contributed by atoms with van der Waals surface area (Å²) in [6.45, 7) is 1.69. The van der Waals surface area contributed by atoms with Crippen molar-refractivity contribution in [3.05, 3.63) is 11.6 Å². The van der Waals surface area contributed by atoms with Crippen LogP contribution >= 0.6 is 0 Å². The Hall–Kier alpha value is -1.32. The summed E-state index contributed by atoms with van der Waals surface area (Å²) in [4.78, 5) is 22.0. The average Bonchev–Trinajstić information content (AvgIpc) is 2.17. The van der Waals surface area contributed by atoms with Crippen molar-refractivity contribution >= 4 is 11.9 Å². The first-order valence-electron chi connectivity index (χ1n) is 4.50. The van der Waals surface area contributed by atoms with E-state index in [2.05, 4.69) is 4.74 Å². The van der Waals surface area contributed by atoms with Crippen molar-refractivity contribution in [1.82, 2.24) is 0 Å². The number of aliphatic carboxylic acids is 1. The third-order valence-corrected chi connectivity index (χ3v) is 2.71. The van der Waals surface area contributed by atoms with Gasteiger partial charge in [-0.05, 0) is 26.2 Å². The summed E-state index contributed by atoms with van der Waals surface area (Å²) in [7, 11) is 1.33. The zero-order chi connectivity index (χ0) is 10.8. The summed E-state index contributed by atoms with van der Waals surface area (Å²) in [6, 6.07) is 0. The van der Waals surface area contributed by atoms with Crippen LogP contribution in [0.1, 0.15) is 26.2 Å².